The van der Waals surface area contributed by atoms with Gasteiger partial charge in [-0.05, 0) is 54.8 Å². The van der Waals surface area contributed by atoms with E-state index in [2.05, 4.69) is 5.32 Å². The number of carbonyl (C=O) groups is 1. The zero-order valence-electron chi connectivity index (χ0n) is 12.6. The molecule has 0 spiro atoms. The number of alkyl halides is 3. The van der Waals surface area contributed by atoms with E-state index in [1.807, 2.05) is 6.92 Å². The van der Waals surface area contributed by atoms with Crippen LogP contribution >= 0.6 is 0 Å². The van der Waals surface area contributed by atoms with Gasteiger partial charge in [-0.1, -0.05) is 13.0 Å². The largest absolute Gasteiger partial charge is 0.416 e. The molecule has 2 rings (SSSR count). The molecule has 23 heavy (non-hydrogen) atoms. The Balaban J connectivity index is 2.32. The number of hydrogen-bond acceptors (Lipinski definition) is 1. The summed E-state index contributed by atoms with van der Waals surface area (Å²) in [6.07, 6.45) is -3.95. The van der Waals surface area contributed by atoms with E-state index in [0.717, 1.165) is 29.8 Å². The fraction of sp³-hybridized carbons (Fsp3) is 0.235. The van der Waals surface area contributed by atoms with Crippen molar-refractivity contribution >= 4 is 11.6 Å². The van der Waals surface area contributed by atoms with Crippen LogP contribution in [0, 0.1) is 12.7 Å². The normalized spacial score (nSPS) is 11.4. The van der Waals surface area contributed by atoms with Crippen LogP contribution in [0.25, 0.3) is 0 Å². The summed E-state index contributed by atoms with van der Waals surface area (Å²) in [5.41, 5.74) is 0.625. The molecule has 0 aliphatic carbocycles. The number of benzene rings is 2. The van der Waals surface area contributed by atoms with Crippen LogP contribution in [0.2, 0.25) is 0 Å². The molecule has 0 aliphatic rings. The predicted molar refractivity (Wildman–Crippen MR) is 79.9 cm³/mol. The van der Waals surface area contributed by atoms with Crippen molar-refractivity contribution in [2.75, 3.05) is 5.32 Å². The summed E-state index contributed by atoms with van der Waals surface area (Å²) in [5, 5.41) is 2.47. The lowest BCUT2D eigenvalue weighted by atomic mass is 10.0. The van der Waals surface area contributed by atoms with Crippen LogP contribution < -0.4 is 5.32 Å². The highest BCUT2D eigenvalue weighted by Crippen LogP contribution is 2.30. The minimum absolute atomic E-state index is 0.137. The molecule has 0 heterocycles. The van der Waals surface area contributed by atoms with Gasteiger partial charge in [0, 0.05) is 11.3 Å². The van der Waals surface area contributed by atoms with Crippen molar-refractivity contribution in [3.05, 3.63) is 64.5 Å². The third-order valence-electron chi connectivity index (χ3n) is 3.56. The zero-order valence-corrected chi connectivity index (χ0v) is 12.6. The van der Waals surface area contributed by atoms with Gasteiger partial charge in [0.1, 0.15) is 5.82 Å². The first kappa shape index (κ1) is 17.0. The topological polar surface area (TPSA) is 29.1 Å². The van der Waals surface area contributed by atoms with E-state index >= 15 is 0 Å². The molecule has 0 aromatic heterocycles. The maximum atomic E-state index is 13.6. The Labute approximate surface area is 131 Å². The fourth-order valence-electron chi connectivity index (χ4n) is 2.26. The van der Waals surface area contributed by atoms with E-state index in [4.69, 9.17) is 0 Å². The lowest BCUT2D eigenvalue weighted by Gasteiger charge is -2.13. The molecule has 0 saturated heterocycles. The maximum Gasteiger partial charge on any atom is 0.416 e. The van der Waals surface area contributed by atoms with E-state index in [0.29, 0.717) is 12.0 Å². The number of nitrogens with one attached hydrogen (secondary N) is 1. The highest BCUT2D eigenvalue weighted by molar-refractivity contribution is 6.04. The molecule has 0 fully saturated rings. The second-order valence-corrected chi connectivity index (χ2v) is 5.12. The first-order valence-corrected chi connectivity index (χ1v) is 7.00. The molecular formula is C17H15F4NO. The van der Waals surface area contributed by atoms with Crippen LogP contribution in [0.1, 0.15) is 34.0 Å². The molecule has 0 aliphatic heterocycles. The van der Waals surface area contributed by atoms with Crippen LogP contribution in [0.5, 0.6) is 0 Å². The minimum Gasteiger partial charge on any atom is -0.322 e. The Hall–Kier alpha value is -2.37. The zero-order chi connectivity index (χ0) is 17.2. The quantitative estimate of drug-likeness (QED) is 0.793. The van der Waals surface area contributed by atoms with Gasteiger partial charge in [0.15, 0.2) is 0 Å². The molecular weight excluding hydrogens is 310 g/mol. The average Bonchev–Trinajstić information content (AvgIpc) is 2.49. The molecule has 0 atom stereocenters. The van der Waals surface area contributed by atoms with Gasteiger partial charge < -0.3 is 5.32 Å². The van der Waals surface area contributed by atoms with Crippen LogP contribution in [0.3, 0.4) is 0 Å². The Morgan fingerprint density at radius 1 is 1.17 bits per heavy atom. The van der Waals surface area contributed by atoms with Gasteiger partial charge in [0.2, 0.25) is 0 Å². The first-order valence-electron chi connectivity index (χ1n) is 7.00. The van der Waals surface area contributed by atoms with Gasteiger partial charge in [0.05, 0.1) is 5.56 Å². The molecule has 0 radical (unpaired) electrons. The number of anilines is 1. The predicted octanol–water partition coefficient (Wildman–Crippen LogP) is 4.97. The highest BCUT2D eigenvalue weighted by atomic mass is 19.4. The van der Waals surface area contributed by atoms with Crippen LogP contribution in [-0.4, -0.2) is 5.91 Å². The molecule has 1 N–H and O–H groups in total. The molecule has 0 saturated carbocycles. The monoisotopic (exact) mass is 325 g/mol. The molecule has 2 aromatic carbocycles. The summed E-state index contributed by atoms with van der Waals surface area (Å²) >= 11 is 0. The summed E-state index contributed by atoms with van der Waals surface area (Å²) < 4.78 is 51.6. The van der Waals surface area contributed by atoms with Gasteiger partial charge in [-0.15, -0.1) is 0 Å². The third-order valence-corrected chi connectivity index (χ3v) is 3.56. The van der Waals surface area contributed by atoms with E-state index in [-0.39, 0.29) is 11.3 Å². The number of hydrogen-bond donors (Lipinski definition) is 1. The average molecular weight is 325 g/mol. The number of halogens is 4. The van der Waals surface area contributed by atoms with Crippen molar-refractivity contribution in [2.24, 2.45) is 0 Å². The molecule has 2 nitrogen and oxygen atoms in total. The number of rotatable bonds is 3. The first-order chi connectivity index (χ1) is 10.7. The van der Waals surface area contributed by atoms with Crippen molar-refractivity contribution in [2.45, 2.75) is 26.4 Å². The molecule has 0 bridgehead atoms. The number of carbonyl (C=O) groups excluding carboxylic acids is 1. The molecule has 0 unspecified atom stereocenters. The van der Waals surface area contributed by atoms with Gasteiger partial charge in [-0.3, -0.25) is 4.79 Å². The molecule has 6 heteroatoms. The number of amides is 1. The standard InChI is InChI=1S/C17H15F4NO/c1-3-11-8-14(18)9-15(10(11)2)22-16(23)12-5-4-6-13(7-12)17(19,20)21/h4-9H,3H2,1-2H3,(H,22,23). The molecule has 122 valence electrons. The van der Waals surface area contributed by atoms with E-state index in [9.17, 15) is 22.4 Å². The fourth-order valence-corrected chi connectivity index (χ4v) is 2.26. The Bertz CT molecular complexity index is 738. The van der Waals surface area contributed by atoms with Crippen LogP contribution in [-0.2, 0) is 12.6 Å². The Morgan fingerprint density at radius 2 is 1.87 bits per heavy atom. The van der Waals surface area contributed by atoms with Crippen molar-refractivity contribution in [1.29, 1.82) is 0 Å². The molecule has 2 aromatic rings. The van der Waals surface area contributed by atoms with E-state index < -0.39 is 23.5 Å². The second-order valence-electron chi connectivity index (χ2n) is 5.12. The Morgan fingerprint density at radius 3 is 2.48 bits per heavy atom. The lowest BCUT2D eigenvalue weighted by Crippen LogP contribution is -2.15. The second kappa shape index (κ2) is 6.40. The minimum atomic E-state index is -4.53. The van der Waals surface area contributed by atoms with Gasteiger partial charge in [-0.25, -0.2) is 4.39 Å². The summed E-state index contributed by atoms with van der Waals surface area (Å²) in [7, 11) is 0. The van der Waals surface area contributed by atoms with Gasteiger partial charge >= 0.3 is 6.18 Å². The van der Waals surface area contributed by atoms with Crippen LogP contribution in [0.4, 0.5) is 23.2 Å². The summed E-state index contributed by atoms with van der Waals surface area (Å²) in [6, 6.07) is 6.62. The van der Waals surface area contributed by atoms with Crippen molar-refractivity contribution in [3.8, 4) is 0 Å². The highest BCUT2D eigenvalue weighted by Gasteiger charge is 2.30. The smallest absolute Gasteiger partial charge is 0.322 e. The summed E-state index contributed by atoms with van der Waals surface area (Å²) in [6.45, 7) is 3.57. The van der Waals surface area contributed by atoms with Crippen molar-refractivity contribution < 1.29 is 22.4 Å². The molecule has 1 amide bonds. The van der Waals surface area contributed by atoms with Crippen LogP contribution in [0.15, 0.2) is 36.4 Å². The summed E-state index contributed by atoms with van der Waals surface area (Å²) in [4.78, 5) is 12.2. The Kier molecular flexibility index (Phi) is 4.73. The summed E-state index contributed by atoms with van der Waals surface area (Å²) in [5.74, 6) is -1.22. The van der Waals surface area contributed by atoms with E-state index in [1.165, 1.54) is 12.1 Å². The van der Waals surface area contributed by atoms with Gasteiger partial charge in [-0.2, -0.15) is 13.2 Å². The third kappa shape index (κ3) is 3.88. The van der Waals surface area contributed by atoms with Crippen molar-refractivity contribution in [1.82, 2.24) is 0 Å². The SMILES string of the molecule is CCc1cc(F)cc(NC(=O)c2cccc(C(F)(F)F)c2)c1C. The van der Waals surface area contributed by atoms with Gasteiger partial charge in [0.25, 0.3) is 5.91 Å². The lowest BCUT2D eigenvalue weighted by molar-refractivity contribution is -0.137. The number of aryl methyl sites for hydroxylation is 1. The van der Waals surface area contributed by atoms with E-state index in [1.54, 1.807) is 6.92 Å². The maximum absolute atomic E-state index is 13.6. The van der Waals surface area contributed by atoms with Crippen molar-refractivity contribution in [3.63, 3.8) is 0 Å².